The number of hydrogen-bond donors (Lipinski definition) is 0. The Kier molecular flexibility index (Phi) is 5.05. The van der Waals surface area contributed by atoms with Crippen molar-refractivity contribution in [1.82, 2.24) is 9.55 Å². The fraction of sp³-hybridized carbons (Fsp3) is 0.231. The molecule has 0 saturated heterocycles. The first-order valence-electron chi connectivity index (χ1n) is 6.11. The summed E-state index contributed by atoms with van der Waals surface area (Å²) in [7, 11) is 0. The molecule has 0 fully saturated rings. The fourth-order valence-electron chi connectivity index (χ4n) is 1.91. The number of hydrogen-bond acceptors (Lipinski definition) is 4. The lowest BCUT2D eigenvalue weighted by molar-refractivity contribution is -0.384. The Morgan fingerprint density at radius 3 is 2.41 bits per heavy atom. The van der Waals surface area contributed by atoms with E-state index in [1.165, 1.54) is 41.4 Å². The highest BCUT2D eigenvalue weighted by atomic mass is 35.6. The van der Waals surface area contributed by atoms with Gasteiger partial charge in [-0.15, -0.1) is 0 Å². The van der Waals surface area contributed by atoms with Crippen LogP contribution in [0.4, 0.5) is 5.69 Å². The minimum absolute atomic E-state index is 0.0787. The summed E-state index contributed by atoms with van der Waals surface area (Å²) in [6, 6.07) is 4.54. The van der Waals surface area contributed by atoms with Crippen LogP contribution in [0.1, 0.15) is 22.8 Å². The normalized spacial score (nSPS) is 12.9. The average molecular weight is 363 g/mol. The molecule has 9 heteroatoms. The number of ketones is 1. The van der Waals surface area contributed by atoms with Gasteiger partial charge in [-0.25, -0.2) is 4.98 Å². The summed E-state index contributed by atoms with van der Waals surface area (Å²) in [5.74, 6) is -0.292. The van der Waals surface area contributed by atoms with Crippen LogP contribution in [-0.2, 0) is 0 Å². The van der Waals surface area contributed by atoms with Crippen LogP contribution in [-0.4, -0.2) is 24.1 Å². The molecule has 1 aromatic carbocycles. The molecular weight excluding hydrogens is 353 g/mol. The van der Waals surface area contributed by atoms with Gasteiger partial charge in [-0.05, 0) is 12.1 Å². The number of imidazole rings is 1. The van der Waals surface area contributed by atoms with Gasteiger partial charge in [0.05, 0.1) is 17.3 Å². The summed E-state index contributed by atoms with van der Waals surface area (Å²) >= 11 is 17.8. The molecule has 0 aliphatic carbocycles. The van der Waals surface area contributed by atoms with Crippen molar-refractivity contribution in [3.05, 3.63) is 58.7 Å². The number of nitro groups is 1. The molecule has 1 aromatic heterocycles. The third kappa shape index (κ3) is 3.97. The lowest BCUT2D eigenvalue weighted by Crippen LogP contribution is -2.25. The van der Waals surface area contributed by atoms with E-state index in [1.54, 1.807) is 6.20 Å². The molecule has 0 aliphatic heterocycles. The molecule has 0 saturated carbocycles. The Morgan fingerprint density at radius 1 is 1.32 bits per heavy atom. The van der Waals surface area contributed by atoms with Gasteiger partial charge in [0.1, 0.15) is 0 Å². The molecule has 0 spiro atoms. The first-order valence-corrected chi connectivity index (χ1v) is 7.24. The number of non-ortho nitro benzene ring substituents is 1. The predicted molar refractivity (Wildman–Crippen MR) is 83.6 cm³/mol. The maximum Gasteiger partial charge on any atom is 0.269 e. The van der Waals surface area contributed by atoms with Crippen LogP contribution in [0.25, 0.3) is 0 Å². The smallest absolute Gasteiger partial charge is 0.269 e. The third-order valence-electron chi connectivity index (χ3n) is 3.04. The van der Waals surface area contributed by atoms with Crippen LogP contribution in [0.2, 0.25) is 0 Å². The highest BCUT2D eigenvalue weighted by Gasteiger charge is 2.35. The second-order valence-corrected chi connectivity index (χ2v) is 6.87. The van der Waals surface area contributed by atoms with Gasteiger partial charge in [0, 0.05) is 36.5 Å². The first kappa shape index (κ1) is 16.7. The van der Waals surface area contributed by atoms with Crippen LogP contribution >= 0.6 is 34.8 Å². The molecule has 0 radical (unpaired) electrons. The lowest BCUT2D eigenvalue weighted by Gasteiger charge is -2.25. The molecule has 6 nitrogen and oxygen atoms in total. The van der Waals surface area contributed by atoms with E-state index in [2.05, 4.69) is 4.98 Å². The van der Waals surface area contributed by atoms with Crippen LogP contribution in [0.15, 0.2) is 43.0 Å². The van der Waals surface area contributed by atoms with Crippen molar-refractivity contribution in [2.45, 2.75) is 16.3 Å². The molecule has 2 aromatic rings. The van der Waals surface area contributed by atoms with E-state index in [0.29, 0.717) is 5.56 Å². The van der Waals surface area contributed by atoms with Crippen molar-refractivity contribution in [2.24, 2.45) is 0 Å². The summed E-state index contributed by atoms with van der Waals surface area (Å²) in [4.78, 5) is 26.2. The molecule has 0 amide bonds. The highest BCUT2D eigenvalue weighted by Crippen LogP contribution is 2.40. The summed E-state index contributed by atoms with van der Waals surface area (Å²) in [5.41, 5.74) is 0.217. The Bertz CT molecular complexity index is 666. The van der Waals surface area contributed by atoms with Crippen LogP contribution in [0.5, 0.6) is 0 Å². The molecule has 1 atom stereocenters. The molecule has 116 valence electrons. The van der Waals surface area contributed by atoms with Gasteiger partial charge in [0.25, 0.3) is 5.69 Å². The number of nitrogens with zero attached hydrogens (tertiary/aromatic N) is 3. The zero-order valence-corrected chi connectivity index (χ0v) is 13.3. The average Bonchev–Trinajstić information content (AvgIpc) is 2.97. The highest BCUT2D eigenvalue weighted by molar-refractivity contribution is 6.68. The quantitative estimate of drug-likeness (QED) is 0.349. The molecule has 22 heavy (non-hydrogen) atoms. The van der Waals surface area contributed by atoms with E-state index in [1.807, 2.05) is 0 Å². The Labute approximate surface area is 140 Å². The summed E-state index contributed by atoms with van der Waals surface area (Å²) in [6.45, 7) is 0. The number of carbonyl (C=O) groups is 1. The van der Waals surface area contributed by atoms with Gasteiger partial charge in [0.15, 0.2) is 5.78 Å². The molecule has 0 N–H and O–H groups in total. The second kappa shape index (κ2) is 6.64. The number of alkyl halides is 3. The minimum Gasteiger partial charge on any atom is -0.330 e. The van der Waals surface area contributed by atoms with Crippen molar-refractivity contribution in [3.8, 4) is 0 Å². The van der Waals surface area contributed by atoms with Crippen molar-refractivity contribution in [2.75, 3.05) is 0 Å². The maximum absolute atomic E-state index is 12.3. The standard InChI is InChI=1S/C13H10Cl3N3O3/c14-13(15,16)12(18-6-5-17-8-18)7-11(20)9-1-3-10(4-2-9)19(21)22/h1-6,8,12H,7H2/t12-/m1/s1. The van der Waals surface area contributed by atoms with Crippen LogP contribution in [0, 0.1) is 10.1 Å². The summed E-state index contributed by atoms with van der Waals surface area (Å²) < 4.78 is -0.159. The molecule has 0 unspecified atom stereocenters. The lowest BCUT2D eigenvalue weighted by atomic mass is 10.0. The van der Waals surface area contributed by atoms with Crippen LogP contribution < -0.4 is 0 Å². The number of carbonyl (C=O) groups excluding carboxylic acids is 1. The largest absolute Gasteiger partial charge is 0.330 e. The monoisotopic (exact) mass is 361 g/mol. The van der Waals surface area contributed by atoms with E-state index < -0.39 is 14.8 Å². The first-order chi connectivity index (χ1) is 10.3. The molecule has 0 aliphatic rings. The second-order valence-electron chi connectivity index (χ2n) is 4.50. The van der Waals surface area contributed by atoms with E-state index in [0.717, 1.165) is 0 Å². The van der Waals surface area contributed by atoms with Gasteiger partial charge in [-0.3, -0.25) is 14.9 Å². The molecular formula is C13H10Cl3N3O3. The van der Waals surface area contributed by atoms with Crippen LogP contribution in [0.3, 0.4) is 0 Å². The number of Topliss-reactive ketones (excluding diaryl/α,β-unsaturated/α-hetero) is 1. The zero-order chi connectivity index (χ0) is 16.3. The Hall–Kier alpha value is -1.63. The van der Waals surface area contributed by atoms with Gasteiger partial charge < -0.3 is 4.57 Å². The Morgan fingerprint density at radius 2 is 1.95 bits per heavy atom. The van der Waals surface area contributed by atoms with Gasteiger partial charge in [0.2, 0.25) is 3.79 Å². The third-order valence-corrected chi connectivity index (χ3v) is 3.80. The van der Waals surface area contributed by atoms with E-state index in [-0.39, 0.29) is 17.9 Å². The van der Waals surface area contributed by atoms with E-state index in [4.69, 9.17) is 34.8 Å². The summed E-state index contributed by atoms with van der Waals surface area (Å²) in [6.07, 6.45) is 4.48. The topological polar surface area (TPSA) is 78.0 Å². The Balaban J connectivity index is 2.20. The zero-order valence-electron chi connectivity index (χ0n) is 11.0. The predicted octanol–water partition coefficient (Wildman–Crippen LogP) is 3.98. The SMILES string of the molecule is O=C(C[C@@H](n1ccnc1)C(Cl)(Cl)Cl)c1ccc([N+](=O)[O-])cc1. The van der Waals surface area contributed by atoms with Crippen molar-refractivity contribution >= 4 is 46.3 Å². The fourth-order valence-corrected chi connectivity index (χ4v) is 2.48. The minimum atomic E-state index is -1.70. The van der Waals surface area contributed by atoms with Gasteiger partial charge in [-0.2, -0.15) is 0 Å². The van der Waals surface area contributed by atoms with E-state index >= 15 is 0 Å². The molecule has 2 rings (SSSR count). The van der Waals surface area contributed by atoms with Crippen molar-refractivity contribution in [1.29, 1.82) is 0 Å². The maximum atomic E-state index is 12.3. The molecule has 1 heterocycles. The van der Waals surface area contributed by atoms with Crippen molar-refractivity contribution < 1.29 is 9.72 Å². The number of benzene rings is 1. The van der Waals surface area contributed by atoms with E-state index in [9.17, 15) is 14.9 Å². The number of nitro benzene ring substituents is 1. The summed E-state index contributed by atoms with van der Waals surface area (Å²) in [5, 5.41) is 10.6. The molecule has 0 bridgehead atoms. The number of rotatable bonds is 5. The van der Waals surface area contributed by atoms with Gasteiger partial charge >= 0.3 is 0 Å². The van der Waals surface area contributed by atoms with Gasteiger partial charge in [-0.1, -0.05) is 34.8 Å². The number of aromatic nitrogens is 2. The number of halogens is 3. The van der Waals surface area contributed by atoms with Crippen molar-refractivity contribution in [3.63, 3.8) is 0 Å².